The highest BCUT2D eigenvalue weighted by Gasteiger charge is 2.24. The maximum absolute atomic E-state index is 9.57. The summed E-state index contributed by atoms with van der Waals surface area (Å²) < 4.78 is 10.7. The van der Waals surface area contributed by atoms with Crippen LogP contribution in [0.1, 0.15) is 29.7 Å². The fraction of sp³-hybridized carbons (Fsp3) is 0.429. The van der Waals surface area contributed by atoms with Crippen LogP contribution in [0.5, 0.6) is 11.5 Å². The van der Waals surface area contributed by atoms with E-state index in [1.165, 1.54) is 0 Å². The van der Waals surface area contributed by atoms with E-state index in [4.69, 9.17) is 9.47 Å². The molecule has 1 saturated heterocycles. The summed E-state index contributed by atoms with van der Waals surface area (Å²) >= 11 is 0. The second kappa shape index (κ2) is 8.17. The van der Waals surface area contributed by atoms with Gasteiger partial charge in [0.05, 0.1) is 19.8 Å². The van der Waals surface area contributed by atoms with Gasteiger partial charge in [0.15, 0.2) is 11.5 Å². The van der Waals surface area contributed by atoms with Crippen molar-refractivity contribution in [3.05, 3.63) is 41.1 Å². The first-order valence-corrected chi connectivity index (χ1v) is 9.17. The molecule has 6 heteroatoms. The molecule has 2 aromatic rings. The second-order valence-corrected chi connectivity index (χ2v) is 6.89. The van der Waals surface area contributed by atoms with E-state index >= 15 is 0 Å². The lowest BCUT2D eigenvalue weighted by Crippen LogP contribution is -2.43. The Kier molecular flexibility index (Phi) is 5.70. The number of hydrogen-bond acceptors (Lipinski definition) is 6. The number of piperidine rings is 1. The summed E-state index contributed by atoms with van der Waals surface area (Å²) in [5.41, 5.74) is 3.59. The Morgan fingerprint density at radius 2 is 1.96 bits per heavy atom. The lowest BCUT2D eigenvalue weighted by Gasteiger charge is -2.35. The number of ether oxygens (including phenoxy) is 2. The summed E-state index contributed by atoms with van der Waals surface area (Å²) in [6, 6.07) is 10.4. The molecule has 0 spiro atoms. The number of rotatable bonds is 5. The van der Waals surface area contributed by atoms with Gasteiger partial charge in [-0.15, -0.1) is 0 Å². The topological polar surface area (TPSA) is 70.4 Å². The van der Waals surface area contributed by atoms with Crippen LogP contribution in [0.25, 0.3) is 0 Å². The molecule has 0 radical (unpaired) electrons. The first kappa shape index (κ1) is 18.8. The molecular weight excluding hydrogens is 340 g/mol. The monoisotopic (exact) mass is 366 g/mol. The van der Waals surface area contributed by atoms with Gasteiger partial charge in [-0.25, -0.2) is 4.98 Å². The molecular formula is C21H26N4O2. The molecule has 0 bridgehead atoms. The highest BCUT2D eigenvalue weighted by molar-refractivity contribution is 5.59. The molecule has 3 rings (SSSR count). The number of pyridine rings is 1. The van der Waals surface area contributed by atoms with Crippen LogP contribution < -0.4 is 19.7 Å². The van der Waals surface area contributed by atoms with E-state index in [0.29, 0.717) is 17.1 Å². The molecule has 1 N–H and O–H groups in total. The van der Waals surface area contributed by atoms with Crippen molar-refractivity contribution in [1.29, 1.82) is 5.26 Å². The number of aromatic nitrogens is 1. The Bertz CT molecular complexity index is 860. The summed E-state index contributed by atoms with van der Waals surface area (Å²) in [6.45, 7) is 5.66. The van der Waals surface area contributed by atoms with Crippen LogP contribution in [-0.2, 0) is 0 Å². The SMILES string of the molecule is COc1ccc(NC2CCCN(c3nc(C)cc(C)c3C#N)C2)cc1OC. The number of methoxy groups -OCH3 is 2. The second-order valence-electron chi connectivity index (χ2n) is 6.89. The summed E-state index contributed by atoms with van der Waals surface area (Å²) in [5, 5.41) is 13.2. The molecule has 1 fully saturated rings. The standard InChI is InChI=1S/C21H26N4O2/c1-14-10-15(2)23-21(18(14)12-22)25-9-5-6-17(13-25)24-16-7-8-19(26-3)20(11-16)27-4/h7-8,10-11,17,24H,5-6,9,13H2,1-4H3. The Morgan fingerprint density at radius 1 is 1.19 bits per heavy atom. The van der Waals surface area contributed by atoms with Crippen molar-refractivity contribution < 1.29 is 9.47 Å². The fourth-order valence-corrected chi connectivity index (χ4v) is 3.63. The van der Waals surface area contributed by atoms with Crippen molar-refractivity contribution in [2.75, 3.05) is 37.5 Å². The number of anilines is 2. The summed E-state index contributed by atoms with van der Waals surface area (Å²) in [4.78, 5) is 6.88. The molecule has 1 aliphatic rings. The van der Waals surface area contributed by atoms with Crippen LogP contribution in [-0.4, -0.2) is 38.3 Å². The molecule has 0 amide bonds. The lowest BCUT2D eigenvalue weighted by atomic mass is 10.0. The summed E-state index contributed by atoms with van der Waals surface area (Å²) in [5.74, 6) is 2.22. The highest BCUT2D eigenvalue weighted by atomic mass is 16.5. The van der Waals surface area contributed by atoms with Crippen LogP contribution in [0.3, 0.4) is 0 Å². The highest BCUT2D eigenvalue weighted by Crippen LogP contribution is 2.31. The Morgan fingerprint density at radius 3 is 2.67 bits per heavy atom. The molecule has 1 unspecified atom stereocenters. The Balaban J connectivity index is 1.79. The lowest BCUT2D eigenvalue weighted by molar-refractivity contribution is 0.355. The van der Waals surface area contributed by atoms with Gasteiger partial charge in [-0.3, -0.25) is 0 Å². The van der Waals surface area contributed by atoms with E-state index in [1.807, 2.05) is 38.1 Å². The van der Waals surface area contributed by atoms with Crippen LogP contribution >= 0.6 is 0 Å². The van der Waals surface area contributed by atoms with Gasteiger partial charge < -0.3 is 19.7 Å². The number of benzene rings is 1. The molecule has 1 aliphatic heterocycles. The predicted octanol–water partition coefficient (Wildman–Crippen LogP) is 3.67. The van der Waals surface area contributed by atoms with Crippen LogP contribution in [0.15, 0.2) is 24.3 Å². The smallest absolute Gasteiger partial charge is 0.162 e. The van der Waals surface area contributed by atoms with Crippen molar-refractivity contribution in [2.24, 2.45) is 0 Å². The van der Waals surface area contributed by atoms with Gasteiger partial charge in [0, 0.05) is 36.6 Å². The van der Waals surface area contributed by atoms with Crippen LogP contribution in [0.4, 0.5) is 11.5 Å². The normalized spacial score (nSPS) is 16.6. The minimum absolute atomic E-state index is 0.269. The largest absolute Gasteiger partial charge is 0.493 e. The van der Waals surface area contributed by atoms with Gasteiger partial charge in [0.25, 0.3) is 0 Å². The number of aryl methyl sites for hydroxylation is 2. The zero-order valence-corrected chi connectivity index (χ0v) is 16.4. The molecule has 2 heterocycles. The van der Waals surface area contributed by atoms with Crippen molar-refractivity contribution in [3.8, 4) is 17.6 Å². The van der Waals surface area contributed by atoms with E-state index in [9.17, 15) is 5.26 Å². The number of nitrogens with zero attached hydrogens (tertiary/aromatic N) is 3. The molecule has 27 heavy (non-hydrogen) atoms. The maximum Gasteiger partial charge on any atom is 0.162 e. The molecule has 1 atom stereocenters. The molecule has 1 aromatic carbocycles. The van der Waals surface area contributed by atoms with Gasteiger partial charge in [-0.2, -0.15) is 5.26 Å². The average molecular weight is 366 g/mol. The number of nitriles is 1. The number of hydrogen-bond donors (Lipinski definition) is 1. The van der Waals surface area contributed by atoms with Gasteiger partial charge in [-0.05, 0) is 50.5 Å². The predicted molar refractivity (Wildman–Crippen MR) is 107 cm³/mol. The maximum atomic E-state index is 9.57. The molecule has 0 aliphatic carbocycles. The van der Waals surface area contributed by atoms with Gasteiger partial charge >= 0.3 is 0 Å². The molecule has 142 valence electrons. The Labute approximate surface area is 160 Å². The van der Waals surface area contributed by atoms with Crippen LogP contribution in [0.2, 0.25) is 0 Å². The minimum Gasteiger partial charge on any atom is -0.493 e. The van der Waals surface area contributed by atoms with Crippen molar-refractivity contribution in [3.63, 3.8) is 0 Å². The minimum atomic E-state index is 0.269. The zero-order valence-electron chi connectivity index (χ0n) is 16.4. The van der Waals surface area contributed by atoms with E-state index in [2.05, 4.69) is 21.3 Å². The number of nitrogens with one attached hydrogen (secondary N) is 1. The third-order valence-electron chi connectivity index (χ3n) is 4.91. The van der Waals surface area contributed by atoms with E-state index in [0.717, 1.165) is 48.7 Å². The third kappa shape index (κ3) is 4.08. The molecule has 1 aromatic heterocycles. The van der Waals surface area contributed by atoms with Crippen molar-refractivity contribution in [2.45, 2.75) is 32.7 Å². The average Bonchev–Trinajstić information content (AvgIpc) is 2.67. The van der Waals surface area contributed by atoms with Crippen molar-refractivity contribution in [1.82, 2.24) is 4.98 Å². The van der Waals surface area contributed by atoms with E-state index < -0.39 is 0 Å². The summed E-state index contributed by atoms with van der Waals surface area (Å²) in [6.07, 6.45) is 2.11. The quantitative estimate of drug-likeness (QED) is 0.871. The zero-order chi connectivity index (χ0) is 19.4. The van der Waals surface area contributed by atoms with E-state index in [-0.39, 0.29) is 6.04 Å². The third-order valence-corrected chi connectivity index (χ3v) is 4.91. The van der Waals surface area contributed by atoms with Crippen molar-refractivity contribution >= 4 is 11.5 Å². The first-order chi connectivity index (χ1) is 13.0. The van der Waals surface area contributed by atoms with Gasteiger partial charge in [-0.1, -0.05) is 0 Å². The van der Waals surface area contributed by atoms with Gasteiger partial charge in [0.2, 0.25) is 0 Å². The van der Waals surface area contributed by atoms with Gasteiger partial charge in [0.1, 0.15) is 11.9 Å². The molecule has 6 nitrogen and oxygen atoms in total. The molecule has 0 saturated carbocycles. The first-order valence-electron chi connectivity index (χ1n) is 9.17. The fourth-order valence-electron chi connectivity index (χ4n) is 3.63. The summed E-state index contributed by atoms with van der Waals surface area (Å²) in [7, 11) is 3.27. The van der Waals surface area contributed by atoms with E-state index in [1.54, 1.807) is 14.2 Å². The Hall–Kier alpha value is -2.94. The van der Waals surface area contributed by atoms with Crippen LogP contribution in [0, 0.1) is 25.2 Å².